The Morgan fingerprint density at radius 3 is 2.19 bits per heavy atom. The quantitative estimate of drug-likeness (QED) is 0.418. The molecule has 0 aromatic heterocycles. The fourth-order valence-corrected chi connectivity index (χ4v) is 4.35. The zero-order chi connectivity index (χ0) is 17.9. The van der Waals surface area contributed by atoms with Gasteiger partial charge in [0.2, 0.25) is 0 Å². The largest absolute Gasteiger partial charge is 0.585 e. The van der Waals surface area contributed by atoms with Crippen molar-refractivity contribution in [3.05, 3.63) is 66.7 Å². The van der Waals surface area contributed by atoms with Gasteiger partial charge in [-0.3, -0.25) is 4.89 Å². The lowest BCUT2D eigenvalue weighted by atomic mass is 9.92. The average Bonchev–Trinajstić information content (AvgIpc) is 2.75. The fourth-order valence-electron chi connectivity index (χ4n) is 3.50. The Labute approximate surface area is 148 Å². The van der Waals surface area contributed by atoms with Gasteiger partial charge in [-0.2, -0.15) is 0 Å². The highest BCUT2D eigenvalue weighted by atomic mass is 31.2. The molecule has 6 heteroatoms. The Morgan fingerprint density at radius 1 is 0.769 bits per heavy atom. The van der Waals surface area contributed by atoms with Crippen molar-refractivity contribution in [2.75, 3.05) is 0 Å². The van der Waals surface area contributed by atoms with E-state index in [1.54, 1.807) is 6.07 Å². The van der Waals surface area contributed by atoms with Crippen LogP contribution in [0.3, 0.4) is 0 Å². The molecule has 0 amide bonds. The van der Waals surface area contributed by atoms with E-state index in [-0.39, 0.29) is 17.2 Å². The minimum Gasteiger partial charge on any atom is -0.504 e. The molecule has 4 aromatic rings. The van der Waals surface area contributed by atoms with Crippen LogP contribution in [0.1, 0.15) is 0 Å². The van der Waals surface area contributed by atoms with Crippen LogP contribution in [0.5, 0.6) is 17.2 Å². The zero-order valence-corrected chi connectivity index (χ0v) is 14.3. The van der Waals surface area contributed by atoms with E-state index in [4.69, 9.17) is 9.05 Å². The molecule has 0 spiro atoms. The number of rotatable bonds is 0. The molecule has 1 heterocycles. The number of phosphoric acid groups is 1. The Kier molecular flexibility index (Phi) is 3.08. The number of phosphoric ester groups is 1. The normalized spacial score (nSPS) is 18.5. The third kappa shape index (κ3) is 2.18. The van der Waals surface area contributed by atoms with Crippen molar-refractivity contribution < 1.29 is 23.6 Å². The van der Waals surface area contributed by atoms with Gasteiger partial charge in [0.1, 0.15) is 5.75 Å². The lowest BCUT2D eigenvalue weighted by Crippen LogP contribution is -1.97. The van der Waals surface area contributed by atoms with E-state index in [0.29, 0.717) is 11.1 Å². The molecule has 1 unspecified atom stereocenters. The molecule has 5 nitrogen and oxygen atoms in total. The maximum absolute atomic E-state index is 12.4. The second-order valence-electron chi connectivity index (χ2n) is 6.13. The monoisotopic (exact) mass is 364 g/mol. The van der Waals surface area contributed by atoms with Gasteiger partial charge in [0.15, 0.2) is 11.5 Å². The molecule has 4 aromatic carbocycles. The summed E-state index contributed by atoms with van der Waals surface area (Å²) in [7, 11) is -4.44. The Bertz CT molecular complexity index is 1250. The maximum Gasteiger partial charge on any atom is 0.585 e. The van der Waals surface area contributed by atoms with Crippen molar-refractivity contribution >= 4 is 29.4 Å². The first kappa shape index (κ1) is 15.3. The van der Waals surface area contributed by atoms with Crippen LogP contribution in [0, 0.1) is 0 Å². The van der Waals surface area contributed by atoms with Crippen LogP contribution in [0.15, 0.2) is 66.7 Å². The first-order valence-corrected chi connectivity index (χ1v) is 9.52. The van der Waals surface area contributed by atoms with E-state index in [0.717, 1.165) is 21.5 Å². The van der Waals surface area contributed by atoms with Crippen LogP contribution in [0.2, 0.25) is 0 Å². The first-order valence-electron chi connectivity index (χ1n) is 8.02. The Balaban J connectivity index is 2.05. The van der Waals surface area contributed by atoms with Crippen molar-refractivity contribution in [3.8, 4) is 28.4 Å². The number of hydrogen-bond acceptors (Lipinski definition) is 4. The summed E-state index contributed by atoms with van der Waals surface area (Å²) in [6.45, 7) is 0. The van der Waals surface area contributed by atoms with Crippen LogP contribution >= 0.6 is 7.82 Å². The van der Waals surface area contributed by atoms with Crippen LogP contribution in [0.4, 0.5) is 0 Å². The smallest absolute Gasteiger partial charge is 0.504 e. The fraction of sp³-hybridized carbons (Fsp3) is 0. The van der Waals surface area contributed by atoms with Gasteiger partial charge < -0.3 is 14.2 Å². The minimum atomic E-state index is -4.44. The van der Waals surface area contributed by atoms with Crippen molar-refractivity contribution in [3.63, 3.8) is 0 Å². The summed E-state index contributed by atoms with van der Waals surface area (Å²) in [5.41, 5.74) is 1.16. The van der Waals surface area contributed by atoms with Crippen LogP contribution in [0.25, 0.3) is 32.7 Å². The van der Waals surface area contributed by atoms with Crippen LogP contribution < -0.4 is 9.05 Å². The van der Waals surface area contributed by atoms with Gasteiger partial charge in [0.25, 0.3) is 0 Å². The van der Waals surface area contributed by atoms with Crippen molar-refractivity contribution in [1.29, 1.82) is 0 Å². The van der Waals surface area contributed by atoms with Crippen LogP contribution in [-0.2, 0) is 4.57 Å². The molecular weight excluding hydrogens is 351 g/mol. The summed E-state index contributed by atoms with van der Waals surface area (Å²) in [5.74, 6) is -0.0222. The maximum atomic E-state index is 12.4. The van der Waals surface area contributed by atoms with E-state index >= 15 is 0 Å². The number of aromatic hydroxyl groups is 1. The number of phenolic OH excluding ortho intramolecular Hbond substituents is 1. The summed E-state index contributed by atoms with van der Waals surface area (Å²) >= 11 is 0. The van der Waals surface area contributed by atoms with Gasteiger partial charge in [-0.1, -0.05) is 54.6 Å². The molecule has 5 rings (SSSR count). The highest BCUT2D eigenvalue weighted by molar-refractivity contribution is 7.48. The van der Waals surface area contributed by atoms with Gasteiger partial charge in [0.05, 0.1) is 0 Å². The minimum absolute atomic E-state index is 0.0513. The molecular formula is C20H13O5P. The molecule has 0 aliphatic carbocycles. The molecule has 1 atom stereocenters. The topological polar surface area (TPSA) is 76.0 Å². The van der Waals surface area contributed by atoms with Crippen molar-refractivity contribution in [2.45, 2.75) is 0 Å². The lowest BCUT2D eigenvalue weighted by Gasteiger charge is -2.14. The second kappa shape index (κ2) is 5.24. The molecule has 26 heavy (non-hydrogen) atoms. The summed E-state index contributed by atoms with van der Waals surface area (Å²) in [5, 5.41) is 13.9. The lowest BCUT2D eigenvalue weighted by molar-refractivity contribution is 0.289. The summed E-state index contributed by atoms with van der Waals surface area (Å²) < 4.78 is 23.0. The van der Waals surface area contributed by atoms with E-state index < -0.39 is 7.82 Å². The third-order valence-corrected chi connectivity index (χ3v) is 5.38. The van der Waals surface area contributed by atoms with Gasteiger partial charge in [-0.25, -0.2) is 4.57 Å². The summed E-state index contributed by atoms with van der Waals surface area (Å²) in [6.07, 6.45) is 0. The number of phenols is 1. The van der Waals surface area contributed by atoms with Gasteiger partial charge >= 0.3 is 7.82 Å². The van der Waals surface area contributed by atoms with Crippen molar-refractivity contribution in [1.82, 2.24) is 0 Å². The van der Waals surface area contributed by atoms with Gasteiger partial charge in [0, 0.05) is 11.1 Å². The molecule has 0 saturated carbocycles. The highest BCUT2D eigenvalue weighted by Crippen LogP contribution is 2.59. The molecule has 0 bridgehead atoms. The summed E-state index contributed by atoms with van der Waals surface area (Å²) in [4.78, 5) is 10.1. The number of hydrogen-bond donors (Lipinski definition) is 2. The zero-order valence-electron chi connectivity index (χ0n) is 13.4. The molecule has 0 radical (unpaired) electrons. The molecule has 1 aliphatic rings. The van der Waals surface area contributed by atoms with Gasteiger partial charge in [-0.15, -0.1) is 0 Å². The average molecular weight is 364 g/mol. The van der Waals surface area contributed by atoms with E-state index in [2.05, 4.69) is 0 Å². The Morgan fingerprint density at radius 2 is 1.42 bits per heavy atom. The molecule has 0 fully saturated rings. The predicted molar refractivity (Wildman–Crippen MR) is 99.6 cm³/mol. The SMILES string of the molecule is O=P1(O)Oc2ccc3ccccc3c2-c2c(c(O)cc3ccccc23)O1. The first-order chi connectivity index (χ1) is 12.5. The van der Waals surface area contributed by atoms with E-state index in [9.17, 15) is 14.6 Å². The molecule has 1 aliphatic heterocycles. The number of fused-ring (bicyclic) bond motifs is 7. The van der Waals surface area contributed by atoms with Gasteiger partial charge in [-0.05, 0) is 33.7 Å². The Hall–Kier alpha value is -3.01. The summed E-state index contributed by atoms with van der Waals surface area (Å²) in [6, 6.07) is 20.1. The van der Waals surface area contributed by atoms with Crippen molar-refractivity contribution in [2.24, 2.45) is 0 Å². The third-order valence-electron chi connectivity index (χ3n) is 4.54. The molecule has 2 N–H and O–H groups in total. The molecule has 0 saturated heterocycles. The predicted octanol–water partition coefficient (Wildman–Crippen LogP) is 5.24. The van der Waals surface area contributed by atoms with E-state index in [1.165, 1.54) is 6.07 Å². The van der Waals surface area contributed by atoms with E-state index in [1.807, 2.05) is 54.6 Å². The van der Waals surface area contributed by atoms with Crippen LogP contribution in [-0.4, -0.2) is 10.00 Å². The second-order valence-corrected chi connectivity index (χ2v) is 7.43. The highest BCUT2D eigenvalue weighted by Gasteiger charge is 2.35. The molecule has 128 valence electrons. The number of benzene rings is 4. The standard InChI is InChI=1S/C20H13O5P/c21-16-11-13-6-2-4-8-15(13)19-18-14-7-3-1-5-12(14)9-10-17(18)24-26(22,23)25-20(16)19/h1-11,21H,(H,22,23).